The van der Waals surface area contributed by atoms with Gasteiger partial charge in [0.15, 0.2) is 0 Å². The van der Waals surface area contributed by atoms with Crippen molar-refractivity contribution >= 4 is 23.8 Å². The highest BCUT2D eigenvalue weighted by atomic mass is 32.2. The third-order valence-electron chi connectivity index (χ3n) is 4.54. The number of hydrogen-bond acceptors (Lipinski definition) is 3. The monoisotopic (exact) mass is 324 g/mol. The van der Waals surface area contributed by atoms with Gasteiger partial charge < -0.3 is 0 Å². The Labute approximate surface area is 128 Å². The van der Waals surface area contributed by atoms with Crippen molar-refractivity contribution < 1.29 is 8.42 Å². The van der Waals surface area contributed by atoms with E-state index in [1.54, 1.807) is 24.3 Å². The highest BCUT2D eigenvalue weighted by molar-refractivity contribution is 7.89. The number of benzene rings is 1. The van der Waals surface area contributed by atoms with Gasteiger partial charge in [-0.15, -0.1) is 0 Å². The van der Waals surface area contributed by atoms with Crippen LogP contribution in [-0.4, -0.2) is 22.2 Å². The largest absolute Gasteiger partial charge is 0.276 e. The van der Waals surface area contributed by atoms with E-state index in [-0.39, 0.29) is 9.93 Å². The number of hydrazone groups is 1. The van der Waals surface area contributed by atoms with Gasteiger partial charge in [-0.2, -0.15) is 13.5 Å². The minimum Gasteiger partial charge on any atom is -0.200 e. The molecule has 1 N–H and O–H groups in total. The fraction of sp³-hybridized carbons (Fsp3) is 0.533. The summed E-state index contributed by atoms with van der Waals surface area (Å²) in [6.07, 6.45) is 2.26. The van der Waals surface area contributed by atoms with Gasteiger partial charge in [0.2, 0.25) is 0 Å². The molecule has 1 aliphatic carbocycles. The normalized spacial score (nSPS) is 18.4. The Morgan fingerprint density at radius 1 is 1.19 bits per heavy atom. The van der Waals surface area contributed by atoms with Gasteiger partial charge in [0.05, 0.1) is 13.0 Å². The van der Waals surface area contributed by atoms with E-state index in [1.165, 1.54) is 0 Å². The van der Waals surface area contributed by atoms with Crippen molar-refractivity contribution in [2.24, 2.45) is 5.10 Å². The lowest BCUT2D eigenvalue weighted by Crippen LogP contribution is -2.35. The summed E-state index contributed by atoms with van der Waals surface area (Å²) in [5.41, 5.74) is 1.96. The molecule has 2 rings (SSSR count). The lowest BCUT2D eigenvalue weighted by molar-refractivity contribution is 0.584. The van der Waals surface area contributed by atoms with Gasteiger partial charge in [0.25, 0.3) is 10.0 Å². The number of nitrogens with one attached hydrogen (secondary N) is 1. The van der Waals surface area contributed by atoms with Crippen LogP contribution in [0.1, 0.15) is 25.3 Å². The standard InChI is InChI=1S/C15H24N2O2SSi/c1-12-6-8-14(9-7-12)20(18,19)17-16-13(2)15(10-11-15)21(3,4)5/h6-9,17H,10-11H2,1-5H3/b16-13+. The van der Waals surface area contributed by atoms with E-state index in [2.05, 4.69) is 29.6 Å². The molecule has 1 aromatic carbocycles. The number of hydrogen-bond donors (Lipinski definition) is 1. The molecule has 0 amide bonds. The maximum atomic E-state index is 12.2. The summed E-state index contributed by atoms with van der Waals surface area (Å²) in [5, 5.41) is 4.38. The molecule has 0 unspecified atom stereocenters. The van der Waals surface area contributed by atoms with Gasteiger partial charge in [-0.25, -0.2) is 4.83 Å². The summed E-state index contributed by atoms with van der Waals surface area (Å²) in [7, 11) is -4.96. The smallest absolute Gasteiger partial charge is 0.200 e. The van der Waals surface area contributed by atoms with Crippen LogP contribution in [0.25, 0.3) is 0 Å². The average molecular weight is 325 g/mol. The third-order valence-corrected chi connectivity index (χ3v) is 9.50. The van der Waals surface area contributed by atoms with E-state index < -0.39 is 18.1 Å². The molecule has 0 radical (unpaired) electrons. The highest BCUT2D eigenvalue weighted by Crippen LogP contribution is 2.61. The Hall–Kier alpha value is -1.14. The van der Waals surface area contributed by atoms with Crippen LogP contribution >= 0.6 is 0 Å². The van der Waals surface area contributed by atoms with E-state index in [0.717, 1.165) is 24.1 Å². The maximum Gasteiger partial charge on any atom is 0.276 e. The summed E-state index contributed by atoms with van der Waals surface area (Å²) < 4.78 is 24.5. The Bertz CT molecular complexity index is 654. The van der Waals surface area contributed by atoms with E-state index >= 15 is 0 Å². The lowest BCUT2D eigenvalue weighted by atomic mass is 10.2. The summed E-state index contributed by atoms with van der Waals surface area (Å²) in [4.78, 5) is 2.65. The fourth-order valence-corrected chi connectivity index (χ4v) is 6.41. The van der Waals surface area contributed by atoms with Crippen LogP contribution < -0.4 is 4.83 Å². The molecule has 1 aromatic rings. The van der Waals surface area contributed by atoms with E-state index in [0.29, 0.717) is 0 Å². The fourth-order valence-electron chi connectivity index (χ4n) is 2.79. The minimum atomic E-state index is -3.57. The molecule has 1 saturated carbocycles. The SMILES string of the molecule is C/C(=N\NS(=O)(=O)c1ccc(C)cc1)C1([Si](C)(C)C)CC1. The molecule has 6 heteroatoms. The van der Waals surface area contributed by atoms with Gasteiger partial charge in [-0.3, -0.25) is 0 Å². The minimum absolute atomic E-state index is 0.169. The summed E-state index contributed by atoms with van der Waals surface area (Å²) >= 11 is 0. The molecule has 0 aliphatic heterocycles. The molecule has 1 fully saturated rings. The van der Waals surface area contributed by atoms with Crippen LogP contribution in [-0.2, 0) is 10.0 Å². The molecular weight excluding hydrogens is 300 g/mol. The first kappa shape index (κ1) is 16.2. The van der Waals surface area contributed by atoms with Crippen LogP contribution in [0.3, 0.4) is 0 Å². The van der Waals surface area contributed by atoms with Crippen molar-refractivity contribution in [1.82, 2.24) is 4.83 Å². The molecule has 1 aliphatic rings. The molecule has 0 aromatic heterocycles. The zero-order chi connectivity index (χ0) is 15.9. The van der Waals surface area contributed by atoms with E-state index in [1.807, 2.05) is 13.8 Å². The predicted octanol–water partition coefficient (Wildman–Crippen LogP) is 3.52. The molecule has 0 bridgehead atoms. The second kappa shape index (κ2) is 5.25. The zero-order valence-electron chi connectivity index (χ0n) is 13.4. The first-order valence-corrected chi connectivity index (χ1v) is 12.2. The Kier molecular flexibility index (Phi) is 4.05. The Morgan fingerprint density at radius 2 is 1.71 bits per heavy atom. The summed E-state index contributed by atoms with van der Waals surface area (Å²) in [5.74, 6) is 0. The first-order valence-electron chi connectivity index (χ1n) is 7.22. The van der Waals surface area contributed by atoms with E-state index in [9.17, 15) is 8.42 Å². The van der Waals surface area contributed by atoms with Crippen molar-refractivity contribution in [3.8, 4) is 0 Å². The van der Waals surface area contributed by atoms with Gasteiger partial charge >= 0.3 is 0 Å². The molecule has 21 heavy (non-hydrogen) atoms. The van der Waals surface area contributed by atoms with E-state index in [4.69, 9.17) is 0 Å². The number of sulfonamides is 1. The van der Waals surface area contributed by atoms with Crippen molar-refractivity contribution in [3.05, 3.63) is 29.8 Å². The molecule has 0 saturated heterocycles. The topological polar surface area (TPSA) is 58.5 Å². The molecule has 116 valence electrons. The lowest BCUT2D eigenvalue weighted by Gasteiger charge is -2.28. The van der Waals surface area contributed by atoms with Gasteiger partial charge in [-0.05, 0) is 38.8 Å². The van der Waals surface area contributed by atoms with Gasteiger partial charge in [0, 0.05) is 10.7 Å². The molecule has 0 heterocycles. The van der Waals surface area contributed by atoms with Gasteiger partial charge in [0.1, 0.15) is 0 Å². The quantitative estimate of drug-likeness (QED) is 0.512. The molecular formula is C15H24N2O2SSi. The van der Waals surface area contributed by atoms with Crippen LogP contribution in [0.4, 0.5) is 0 Å². The van der Waals surface area contributed by atoms with Crippen LogP contribution in [0, 0.1) is 6.92 Å². The Morgan fingerprint density at radius 3 is 2.14 bits per heavy atom. The number of rotatable bonds is 5. The first-order chi connectivity index (χ1) is 9.58. The van der Waals surface area contributed by atoms with Crippen molar-refractivity contribution in [2.45, 2.75) is 56.3 Å². The summed E-state index contributed by atoms with van der Waals surface area (Å²) in [6.45, 7) is 10.8. The molecule has 4 nitrogen and oxygen atoms in total. The summed E-state index contributed by atoms with van der Waals surface area (Å²) in [6, 6.07) is 6.78. The van der Waals surface area contributed by atoms with Crippen molar-refractivity contribution in [2.75, 3.05) is 0 Å². The van der Waals surface area contributed by atoms with Crippen molar-refractivity contribution in [1.29, 1.82) is 0 Å². The van der Waals surface area contributed by atoms with Crippen LogP contribution in [0.2, 0.25) is 24.7 Å². The van der Waals surface area contributed by atoms with Gasteiger partial charge in [-0.1, -0.05) is 37.3 Å². The van der Waals surface area contributed by atoms with Crippen molar-refractivity contribution in [3.63, 3.8) is 0 Å². The van der Waals surface area contributed by atoms with Crippen LogP contribution in [0.5, 0.6) is 0 Å². The number of nitrogens with zero attached hydrogens (tertiary/aromatic N) is 1. The maximum absolute atomic E-state index is 12.2. The Balaban J connectivity index is 2.19. The second-order valence-corrected chi connectivity index (χ2v) is 14.1. The molecule has 0 atom stereocenters. The van der Waals surface area contributed by atoms with Crippen LogP contribution in [0.15, 0.2) is 34.3 Å². The third kappa shape index (κ3) is 3.21. The predicted molar refractivity (Wildman–Crippen MR) is 89.9 cm³/mol. The highest BCUT2D eigenvalue weighted by Gasteiger charge is 2.55. The average Bonchev–Trinajstić information content (AvgIpc) is 3.17. The number of aryl methyl sites for hydroxylation is 1. The zero-order valence-corrected chi connectivity index (χ0v) is 15.2. The second-order valence-electron chi connectivity index (χ2n) is 6.94. The molecule has 0 spiro atoms.